The number of hydrogen-bond acceptors (Lipinski definition) is 10. The molecule has 0 bridgehead atoms. The van der Waals surface area contributed by atoms with Crippen molar-refractivity contribution in [3.05, 3.63) is 59.7 Å². The van der Waals surface area contributed by atoms with E-state index in [1.54, 1.807) is 22.0 Å². The average Bonchev–Trinajstić information content (AvgIpc) is 3.48. The number of rotatable bonds is 15. The molecule has 0 spiro atoms. The van der Waals surface area contributed by atoms with Crippen LogP contribution in [0.2, 0.25) is 25.7 Å². The third kappa shape index (κ3) is 9.54. The monoisotopic (exact) mass is 624 g/mol. The number of ether oxygens (including phenoxy) is 2. The molecule has 1 aliphatic heterocycles. The number of hydrogen-bond donors (Lipinski definition) is 1. The molecule has 1 N–H and O–H groups in total. The maximum absolute atomic E-state index is 12.5. The van der Waals surface area contributed by atoms with E-state index >= 15 is 0 Å². The molecule has 1 saturated heterocycles. The number of carboxylic acids is 1. The van der Waals surface area contributed by atoms with Crippen molar-refractivity contribution in [3.8, 4) is 0 Å². The van der Waals surface area contributed by atoms with E-state index in [1.807, 2.05) is 42.2 Å². The molecule has 13 nitrogen and oxygen atoms in total. The lowest BCUT2D eigenvalue weighted by Gasteiger charge is -2.34. The minimum Gasteiger partial charge on any atom is -0.481 e. The van der Waals surface area contributed by atoms with Gasteiger partial charge in [-0.2, -0.15) is 0 Å². The van der Waals surface area contributed by atoms with Gasteiger partial charge in [0.25, 0.3) is 0 Å². The van der Waals surface area contributed by atoms with E-state index in [-0.39, 0.29) is 19.4 Å². The highest BCUT2D eigenvalue weighted by molar-refractivity contribution is 6.76. The molecular weight excluding hydrogens is 580 g/mol. The molecule has 238 valence electrons. The zero-order chi connectivity index (χ0) is 31.5. The maximum atomic E-state index is 12.5. The van der Waals surface area contributed by atoms with Gasteiger partial charge in [0, 0.05) is 59.2 Å². The second-order valence-electron chi connectivity index (χ2n) is 12.3. The summed E-state index contributed by atoms with van der Waals surface area (Å²) in [6, 6.07) is 10.6. The van der Waals surface area contributed by atoms with E-state index < -0.39 is 25.9 Å². The van der Waals surface area contributed by atoms with Gasteiger partial charge in [-0.25, -0.2) is 19.4 Å². The Morgan fingerprint density at radius 1 is 1.02 bits per heavy atom. The van der Waals surface area contributed by atoms with Crippen LogP contribution in [0.5, 0.6) is 0 Å². The second kappa shape index (κ2) is 15.7. The van der Waals surface area contributed by atoms with Gasteiger partial charge < -0.3 is 24.4 Å². The Labute approximate surface area is 259 Å². The molecule has 0 unspecified atom stereocenters. The van der Waals surface area contributed by atoms with Gasteiger partial charge in [-0.05, 0) is 40.4 Å². The van der Waals surface area contributed by atoms with Crippen molar-refractivity contribution in [1.82, 2.24) is 35.1 Å². The summed E-state index contributed by atoms with van der Waals surface area (Å²) in [5.41, 5.74) is 1.74. The molecule has 2 atom stereocenters. The summed E-state index contributed by atoms with van der Waals surface area (Å²) in [4.78, 5) is 37.8. The molecule has 1 aromatic carbocycles. The Kier molecular flexibility index (Phi) is 11.8. The molecular formula is C30H44N8O5Si. The minimum absolute atomic E-state index is 0.170. The second-order valence-corrected chi connectivity index (χ2v) is 18.0. The van der Waals surface area contributed by atoms with E-state index in [1.165, 1.54) is 0 Å². The lowest BCUT2D eigenvalue weighted by molar-refractivity contribution is -0.143. The standard InChI is InChI=1S/C30H44N8O5Si/c1-5-9-25(28(39)40)26(27-33-34-35-38(27)22-42-16-17-44(2,3)4)18-24-19-31-29(32-20-24)36-12-14-37(15-13-36)30(41)43-21-23-10-7-6-8-11-23/h6-8,10-11,19-20,25-26H,5,9,12-18,21-22H2,1-4H3,(H,39,40)/t25-,26-/m0/s1. The van der Waals surface area contributed by atoms with Crippen LogP contribution in [-0.4, -0.2) is 93.1 Å². The molecule has 0 saturated carbocycles. The molecule has 1 amide bonds. The Hall–Kier alpha value is -3.91. The molecule has 0 aliphatic carbocycles. The van der Waals surface area contributed by atoms with Crippen molar-refractivity contribution in [2.45, 2.75) is 71.1 Å². The van der Waals surface area contributed by atoms with Gasteiger partial charge in [0.2, 0.25) is 5.95 Å². The van der Waals surface area contributed by atoms with Crippen LogP contribution in [0.1, 0.15) is 42.6 Å². The SMILES string of the molecule is CCC[C@H](C(=O)O)[C@H](Cc1cnc(N2CCN(C(=O)OCc3ccccc3)CC2)nc1)c1nnnn1COCC[Si](C)(C)C. The number of carbonyl (C=O) groups is 2. The quantitative estimate of drug-likeness (QED) is 0.193. The van der Waals surface area contributed by atoms with Crippen LogP contribution in [0.25, 0.3) is 0 Å². The first-order valence-corrected chi connectivity index (χ1v) is 18.9. The normalized spacial score (nSPS) is 15.2. The summed E-state index contributed by atoms with van der Waals surface area (Å²) in [5.74, 6) is -1.00. The average molecular weight is 625 g/mol. The van der Waals surface area contributed by atoms with Crippen molar-refractivity contribution < 1.29 is 24.2 Å². The van der Waals surface area contributed by atoms with Crippen LogP contribution >= 0.6 is 0 Å². The summed E-state index contributed by atoms with van der Waals surface area (Å²) in [6.07, 6.45) is 4.70. The van der Waals surface area contributed by atoms with Gasteiger partial charge in [-0.3, -0.25) is 4.79 Å². The topological polar surface area (TPSA) is 149 Å². The number of carboxylic acid groups (broad SMARTS) is 1. The fourth-order valence-corrected chi connectivity index (χ4v) is 5.85. The summed E-state index contributed by atoms with van der Waals surface area (Å²) in [6.45, 7) is 12.0. The highest BCUT2D eigenvalue weighted by Crippen LogP contribution is 2.31. The summed E-state index contributed by atoms with van der Waals surface area (Å²) < 4.78 is 12.9. The van der Waals surface area contributed by atoms with Crippen LogP contribution in [0.3, 0.4) is 0 Å². The Morgan fingerprint density at radius 3 is 2.36 bits per heavy atom. The van der Waals surface area contributed by atoms with Gasteiger partial charge >= 0.3 is 12.1 Å². The lowest BCUT2D eigenvalue weighted by atomic mass is 9.84. The molecule has 4 rings (SSSR count). The van der Waals surface area contributed by atoms with Gasteiger partial charge in [0.1, 0.15) is 13.3 Å². The van der Waals surface area contributed by atoms with E-state index in [0.29, 0.717) is 63.8 Å². The zero-order valence-corrected chi connectivity index (χ0v) is 27.1. The maximum Gasteiger partial charge on any atom is 0.410 e. The first-order valence-electron chi connectivity index (χ1n) is 15.2. The number of amides is 1. The number of piperazine rings is 1. The van der Waals surface area contributed by atoms with E-state index in [0.717, 1.165) is 17.2 Å². The predicted molar refractivity (Wildman–Crippen MR) is 167 cm³/mol. The number of aliphatic carboxylic acids is 1. The van der Waals surface area contributed by atoms with Crippen LogP contribution in [-0.2, 0) is 34.0 Å². The number of tetrazole rings is 1. The van der Waals surface area contributed by atoms with Crippen LogP contribution < -0.4 is 4.90 Å². The first kappa shape index (κ1) is 33.0. The van der Waals surface area contributed by atoms with Crippen molar-refractivity contribution in [2.24, 2.45) is 5.92 Å². The lowest BCUT2D eigenvalue weighted by Crippen LogP contribution is -2.49. The van der Waals surface area contributed by atoms with E-state index in [4.69, 9.17) is 9.47 Å². The first-order chi connectivity index (χ1) is 21.1. The number of benzene rings is 1. The van der Waals surface area contributed by atoms with Crippen molar-refractivity contribution in [3.63, 3.8) is 0 Å². The summed E-state index contributed by atoms with van der Waals surface area (Å²) in [5, 5.41) is 22.3. The molecule has 14 heteroatoms. The molecule has 1 fully saturated rings. The van der Waals surface area contributed by atoms with Gasteiger partial charge in [0.05, 0.1) is 5.92 Å². The fourth-order valence-electron chi connectivity index (χ4n) is 5.09. The number of aromatic nitrogens is 6. The van der Waals surface area contributed by atoms with Crippen LogP contribution in [0.15, 0.2) is 42.7 Å². The third-order valence-electron chi connectivity index (χ3n) is 7.68. The van der Waals surface area contributed by atoms with E-state index in [2.05, 4.69) is 45.1 Å². The highest BCUT2D eigenvalue weighted by Gasteiger charge is 2.33. The fraction of sp³-hybridized carbons (Fsp3) is 0.567. The zero-order valence-electron chi connectivity index (χ0n) is 26.1. The van der Waals surface area contributed by atoms with E-state index in [9.17, 15) is 14.7 Å². The van der Waals surface area contributed by atoms with Gasteiger partial charge in [0.15, 0.2) is 5.82 Å². The summed E-state index contributed by atoms with van der Waals surface area (Å²) in [7, 11) is -1.25. The highest BCUT2D eigenvalue weighted by atomic mass is 28.3. The Bertz CT molecular complexity index is 1330. The van der Waals surface area contributed by atoms with Gasteiger partial charge in [-0.1, -0.05) is 63.3 Å². The molecule has 0 radical (unpaired) electrons. The number of carbonyl (C=O) groups excluding carboxylic acids is 1. The largest absolute Gasteiger partial charge is 0.481 e. The van der Waals surface area contributed by atoms with Gasteiger partial charge in [-0.15, -0.1) is 5.10 Å². The molecule has 44 heavy (non-hydrogen) atoms. The summed E-state index contributed by atoms with van der Waals surface area (Å²) >= 11 is 0. The minimum atomic E-state index is -1.25. The Balaban J connectivity index is 1.37. The van der Waals surface area contributed by atoms with Crippen molar-refractivity contribution in [2.75, 3.05) is 37.7 Å². The number of nitrogens with zero attached hydrogens (tertiary/aromatic N) is 8. The number of anilines is 1. The Morgan fingerprint density at radius 2 is 1.73 bits per heavy atom. The molecule has 3 aromatic rings. The molecule has 2 aromatic heterocycles. The third-order valence-corrected chi connectivity index (χ3v) is 9.38. The van der Waals surface area contributed by atoms with Crippen molar-refractivity contribution >= 4 is 26.1 Å². The van der Waals surface area contributed by atoms with Crippen LogP contribution in [0.4, 0.5) is 10.7 Å². The van der Waals surface area contributed by atoms with Crippen LogP contribution in [0, 0.1) is 5.92 Å². The molecule has 1 aliphatic rings. The smallest absolute Gasteiger partial charge is 0.410 e. The van der Waals surface area contributed by atoms with Crippen molar-refractivity contribution in [1.29, 1.82) is 0 Å². The molecule has 3 heterocycles. The predicted octanol–water partition coefficient (Wildman–Crippen LogP) is 4.06.